The summed E-state index contributed by atoms with van der Waals surface area (Å²) in [5.41, 5.74) is 0. The van der Waals surface area contributed by atoms with Crippen molar-refractivity contribution in [1.82, 2.24) is 5.32 Å². The standard InChI is InChI=1S/C13H14F13NO5S2.K/c1-2-32-7(28)27-5-6(3-4-33-34(29,30)31)8(14,15)9(16,17)10(18,19)11(20,21)12(22,23)13(24,25)26;/h6H,2-5H2,1H3,(H,27,28)(H,29,30,31);/q;+1/p-1. The molecular weight excluding hydrogens is 600 g/mol. The first kappa shape index (κ1) is 37.4. The van der Waals surface area contributed by atoms with E-state index in [4.69, 9.17) is 0 Å². The minimum Gasteiger partial charge on any atom is -0.739 e. The summed E-state index contributed by atoms with van der Waals surface area (Å²) in [6.45, 7) is -1.21. The number of nitrogens with one attached hydrogen (secondary N) is 1. The molecule has 0 aliphatic carbocycles. The maximum atomic E-state index is 14.3. The molecule has 0 saturated carbocycles. The SMILES string of the molecule is CCOC(=O)NCC(CCSS(=O)(=O)[O-])C(F)(F)C(F)(F)C(F)(F)C(F)(F)C(F)(F)C(F)(F)F.[K+]. The van der Waals surface area contributed by atoms with Crippen LogP contribution >= 0.6 is 10.8 Å². The normalized spacial score (nSPS) is 15.3. The first-order chi connectivity index (χ1) is 14.8. The zero-order valence-corrected chi connectivity index (χ0v) is 21.9. The van der Waals surface area contributed by atoms with Crippen LogP contribution in [0.1, 0.15) is 13.3 Å². The molecule has 1 N–H and O–H groups in total. The van der Waals surface area contributed by atoms with Gasteiger partial charge in [-0.15, -0.1) is 0 Å². The maximum absolute atomic E-state index is 14.3. The third kappa shape index (κ3) is 8.12. The molecule has 0 rings (SSSR count). The van der Waals surface area contributed by atoms with E-state index in [2.05, 4.69) is 4.74 Å². The van der Waals surface area contributed by atoms with Gasteiger partial charge in [0, 0.05) is 18.2 Å². The molecule has 1 atom stereocenters. The van der Waals surface area contributed by atoms with Crippen LogP contribution < -0.4 is 56.7 Å². The van der Waals surface area contributed by atoms with Gasteiger partial charge in [0.2, 0.25) is 0 Å². The number of hydrogen-bond donors (Lipinski definition) is 1. The van der Waals surface area contributed by atoms with Crippen LogP contribution in [0.3, 0.4) is 0 Å². The Morgan fingerprint density at radius 2 is 1.31 bits per heavy atom. The molecule has 0 bridgehead atoms. The number of ether oxygens (including phenoxy) is 1. The van der Waals surface area contributed by atoms with Crippen LogP contribution in [0.5, 0.6) is 0 Å². The van der Waals surface area contributed by atoms with Crippen molar-refractivity contribution in [2.45, 2.75) is 49.1 Å². The minimum atomic E-state index is -8.11. The Balaban J connectivity index is 0. The van der Waals surface area contributed by atoms with Gasteiger partial charge in [0.25, 0.3) is 0 Å². The molecule has 0 saturated heterocycles. The van der Waals surface area contributed by atoms with E-state index in [1.165, 1.54) is 5.32 Å². The van der Waals surface area contributed by atoms with E-state index < -0.39 is 93.1 Å². The molecule has 0 heterocycles. The van der Waals surface area contributed by atoms with Gasteiger partial charge < -0.3 is 14.6 Å². The van der Waals surface area contributed by atoms with Gasteiger partial charge in [-0.1, -0.05) is 0 Å². The fraction of sp³-hybridized carbons (Fsp3) is 0.923. The summed E-state index contributed by atoms with van der Waals surface area (Å²) in [7, 11) is -6.05. The summed E-state index contributed by atoms with van der Waals surface area (Å²) in [6, 6.07) is 0. The zero-order chi connectivity index (χ0) is 27.6. The smallest absolute Gasteiger partial charge is 0.739 e. The number of alkyl halides is 13. The third-order valence-corrected chi connectivity index (χ3v) is 5.99. The van der Waals surface area contributed by atoms with E-state index in [1.807, 2.05) is 0 Å². The summed E-state index contributed by atoms with van der Waals surface area (Å²) < 4.78 is 208. The number of rotatable bonds is 12. The van der Waals surface area contributed by atoms with Crippen LogP contribution in [-0.2, 0) is 13.9 Å². The molecule has 35 heavy (non-hydrogen) atoms. The molecular formula is C13H13F13KNO5S2. The van der Waals surface area contributed by atoms with Crippen molar-refractivity contribution in [2.75, 3.05) is 18.9 Å². The van der Waals surface area contributed by atoms with E-state index in [1.54, 1.807) is 0 Å². The first-order valence-electron chi connectivity index (χ1n) is 8.27. The maximum Gasteiger partial charge on any atom is 1.00 e. The molecule has 0 aromatic carbocycles. The molecule has 0 aliphatic heterocycles. The molecule has 0 fully saturated rings. The minimum absolute atomic E-state index is 0. The van der Waals surface area contributed by atoms with Gasteiger partial charge in [0.1, 0.15) is 9.15 Å². The summed E-state index contributed by atoms with van der Waals surface area (Å²) in [6.07, 6.45) is -11.0. The second kappa shape index (κ2) is 12.4. The van der Waals surface area contributed by atoms with Gasteiger partial charge in [-0.05, 0) is 24.1 Å². The summed E-state index contributed by atoms with van der Waals surface area (Å²) >= 11 is 0. The van der Waals surface area contributed by atoms with Crippen molar-refractivity contribution in [2.24, 2.45) is 5.92 Å². The Labute approximate surface area is 234 Å². The molecule has 0 aromatic heterocycles. The van der Waals surface area contributed by atoms with Crippen LogP contribution in [0.25, 0.3) is 0 Å². The largest absolute Gasteiger partial charge is 1.00 e. The predicted octanol–water partition coefficient (Wildman–Crippen LogP) is 1.68. The average Bonchev–Trinajstić information content (AvgIpc) is 2.61. The van der Waals surface area contributed by atoms with Gasteiger partial charge in [-0.3, -0.25) is 0 Å². The van der Waals surface area contributed by atoms with Crippen molar-refractivity contribution >= 4 is 26.0 Å². The molecule has 22 heteroatoms. The van der Waals surface area contributed by atoms with E-state index in [0.717, 1.165) is 6.92 Å². The van der Waals surface area contributed by atoms with Crippen LogP contribution in [-0.4, -0.2) is 73.8 Å². The zero-order valence-electron chi connectivity index (χ0n) is 17.2. The van der Waals surface area contributed by atoms with E-state index >= 15 is 0 Å². The molecule has 0 radical (unpaired) electrons. The Bertz CT molecular complexity index is 823. The predicted molar refractivity (Wildman–Crippen MR) is 86.1 cm³/mol. The number of hydrogen-bond acceptors (Lipinski definition) is 6. The number of alkyl carbamates (subject to hydrolysis) is 1. The van der Waals surface area contributed by atoms with Gasteiger partial charge in [-0.2, -0.15) is 57.1 Å². The Morgan fingerprint density at radius 1 is 0.886 bits per heavy atom. The third-order valence-electron chi connectivity index (χ3n) is 3.93. The van der Waals surface area contributed by atoms with Gasteiger partial charge in [-0.25, -0.2) is 13.2 Å². The van der Waals surface area contributed by atoms with E-state index in [0.29, 0.717) is 0 Å². The van der Waals surface area contributed by atoms with Crippen LogP contribution in [0.4, 0.5) is 61.9 Å². The molecule has 0 aromatic rings. The van der Waals surface area contributed by atoms with E-state index in [9.17, 15) is 74.8 Å². The summed E-state index contributed by atoms with van der Waals surface area (Å²) in [5.74, 6) is -43.2. The fourth-order valence-electron chi connectivity index (χ4n) is 2.13. The molecule has 6 nitrogen and oxygen atoms in total. The summed E-state index contributed by atoms with van der Waals surface area (Å²) in [5, 5.41) is 1.28. The topological polar surface area (TPSA) is 95.5 Å². The number of carbonyl (C=O) groups excluding carboxylic acids is 1. The molecule has 1 amide bonds. The number of halogens is 13. The quantitative estimate of drug-likeness (QED) is 0.156. The first-order valence-corrected chi connectivity index (χ1v) is 11.2. The van der Waals surface area contributed by atoms with Gasteiger partial charge >= 0.3 is 93.3 Å². The Hall–Kier alpha value is 0.256. The van der Waals surface area contributed by atoms with Crippen molar-refractivity contribution in [3.05, 3.63) is 0 Å². The second-order valence-corrected chi connectivity index (χ2v) is 9.63. The Morgan fingerprint density at radius 3 is 1.69 bits per heavy atom. The van der Waals surface area contributed by atoms with Crippen molar-refractivity contribution < 1.29 is 131 Å². The van der Waals surface area contributed by atoms with Gasteiger partial charge in [0.05, 0.1) is 6.61 Å². The average molecular weight is 613 g/mol. The van der Waals surface area contributed by atoms with E-state index in [-0.39, 0.29) is 51.4 Å². The van der Waals surface area contributed by atoms with Gasteiger partial charge in [0.15, 0.2) is 0 Å². The summed E-state index contributed by atoms with van der Waals surface area (Å²) in [4.78, 5) is 11.1. The molecule has 204 valence electrons. The number of amides is 1. The van der Waals surface area contributed by atoms with Crippen LogP contribution in [0, 0.1) is 5.92 Å². The Kier molecular flexibility index (Phi) is 13.3. The number of carbonyl (C=O) groups is 1. The fourth-order valence-corrected chi connectivity index (χ4v) is 3.62. The second-order valence-electron chi connectivity index (χ2n) is 6.24. The van der Waals surface area contributed by atoms with Crippen LogP contribution in [0.15, 0.2) is 0 Å². The molecule has 0 aliphatic rings. The monoisotopic (exact) mass is 613 g/mol. The van der Waals surface area contributed by atoms with Crippen molar-refractivity contribution in [3.63, 3.8) is 0 Å². The van der Waals surface area contributed by atoms with Crippen molar-refractivity contribution in [1.29, 1.82) is 0 Å². The van der Waals surface area contributed by atoms with Crippen molar-refractivity contribution in [3.8, 4) is 0 Å². The molecule has 0 spiro atoms. The van der Waals surface area contributed by atoms with Crippen LogP contribution in [0.2, 0.25) is 0 Å². The molecule has 1 unspecified atom stereocenters.